The molecule has 0 fully saturated rings. The molecule has 1 aliphatic heterocycles. The number of fused-ring (bicyclic) bond motifs is 1. The Morgan fingerprint density at radius 3 is 2.28 bits per heavy atom. The number of hydrogen-bond donors (Lipinski definition) is 2. The van der Waals surface area contributed by atoms with Gasteiger partial charge in [-0.3, -0.25) is 9.59 Å². The van der Waals surface area contributed by atoms with E-state index in [1.54, 1.807) is 36.4 Å². The molecule has 10 heteroatoms. The smallest absolute Gasteiger partial charge is 0.264 e. The molecule has 0 unspecified atom stereocenters. The molecule has 4 rings (SSSR count). The first-order chi connectivity index (χ1) is 17.5. The van der Waals surface area contributed by atoms with E-state index in [0.29, 0.717) is 34.1 Å². The van der Waals surface area contributed by atoms with Gasteiger partial charge in [0.15, 0.2) is 11.5 Å². The summed E-state index contributed by atoms with van der Waals surface area (Å²) in [5.74, 6) is 0.618. The quantitative estimate of drug-likeness (QED) is 0.387. The van der Waals surface area contributed by atoms with Crippen LogP contribution in [-0.2, 0) is 11.3 Å². The van der Waals surface area contributed by atoms with Gasteiger partial charge in [-0.05, 0) is 24.3 Å². The lowest BCUT2D eigenvalue weighted by Crippen LogP contribution is -2.30. The second-order valence-corrected chi connectivity index (χ2v) is 7.47. The van der Waals surface area contributed by atoms with Crippen molar-refractivity contribution in [1.29, 1.82) is 5.26 Å². The number of furan rings is 1. The van der Waals surface area contributed by atoms with Crippen LogP contribution in [-0.4, -0.2) is 39.0 Å². The van der Waals surface area contributed by atoms with E-state index in [2.05, 4.69) is 15.6 Å². The lowest BCUT2D eigenvalue weighted by atomic mass is 10.0. The van der Waals surface area contributed by atoms with Crippen LogP contribution in [0.5, 0.6) is 17.2 Å². The van der Waals surface area contributed by atoms with Crippen LogP contribution in [0.1, 0.15) is 27.2 Å². The number of carbonyl (C=O) groups excluding carboxylic acids is 2. The molecule has 2 N–H and O–H groups in total. The standard InChI is InChI=1S/C26H22N4O6/c1-33-20-11-15(12-21(34-2)23(20)35-3)25(31)30-24-18-9-5-4-8-17(18)22(29-24)19(13-27)26(32)28-14-16-7-6-10-36-16/h4-12H,14H2,1-3H3,(H,28,32)(H,29,30,31). The van der Waals surface area contributed by atoms with E-state index in [1.165, 1.54) is 39.7 Å². The topological polar surface area (TPSA) is 135 Å². The minimum Gasteiger partial charge on any atom is -0.493 e. The van der Waals surface area contributed by atoms with Gasteiger partial charge in [-0.1, -0.05) is 24.3 Å². The van der Waals surface area contributed by atoms with Crippen molar-refractivity contribution >= 4 is 23.3 Å². The van der Waals surface area contributed by atoms with Gasteiger partial charge in [0.1, 0.15) is 23.2 Å². The van der Waals surface area contributed by atoms with Crippen LogP contribution < -0.4 is 24.8 Å². The molecule has 2 aromatic carbocycles. The van der Waals surface area contributed by atoms with Gasteiger partial charge in [-0.2, -0.15) is 5.26 Å². The summed E-state index contributed by atoms with van der Waals surface area (Å²) in [6.45, 7) is 0.111. The first kappa shape index (κ1) is 24.1. The Labute approximate surface area is 206 Å². The number of amidine groups is 1. The molecule has 36 heavy (non-hydrogen) atoms. The molecule has 3 aromatic rings. The molecule has 182 valence electrons. The summed E-state index contributed by atoms with van der Waals surface area (Å²) in [6.07, 6.45) is 1.49. The number of hydrogen-bond acceptors (Lipinski definition) is 8. The Morgan fingerprint density at radius 2 is 1.69 bits per heavy atom. The summed E-state index contributed by atoms with van der Waals surface area (Å²) in [5, 5.41) is 15.2. The molecule has 1 aliphatic rings. The van der Waals surface area contributed by atoms with E-state index < -0.39 is 11.8 Å². The molecule has 0 radical (unpaired) electrons. The Balaban J connectivity index is 1.66. The molecule has 2 amide bonds. The lowest BCUT2D eigenvalue weighted by molar-refractivity contribution is -0.117. The molecule has 0 saturated carbocycles. The molecule has 0 aliphatic carbocycles. The lowest BCUT2D eigenvalue weighted by Gasteiger charge is -2.14. The van der Waals surface area contributed by atoms with Gasteiger partial charge < -0.3 is 29.3 Å². The van der Waals surface area contributed by atoms with Crippen LogP contribution in [0, 0.1) is 11.3 Å². The first-order valence-corrected chi connectivity index (χ1v) is 10.8. The molecule has 0 spiro atoms. The molecule has 0 saturated heterocycles. The van der Waals surface area contributed by atoms with Gasteiger partial charge in [0.2, 0.25) is 5.75 Å². The summed E-state index contributed by atoms with van der Waals surface area (Å²) >= 11 is 0. The van der Waals surface area contributed by atoms with Crippen molar-refractivity contribution in [3.63, 3.8) is 0 Å². The Morgan fingerprint density at radius 1 is 1.00 bits per heavy atom. The van der Waals surface area contributed by atoms with Crippen LogP contribution in [0.4, 0.5) is 0 Å². The van der Waals surface area contributed by atoms with Gasteiger partial charge in [0.05, 0.1) is 39.8 Å². The van der Waals surface area contributed by atoms with Crippen molar-refractivity contribution in [2.75, 3.05) is 21.3 Å². The van der Waals surface area contributed by atoms with E-state index in [9.17, 15) is 14.9 Å². The number of nitriles is 1. The van der Waals surface area contributed by atoms with Crippen molar-refractivity contribution in [2.45, 2.75) is 6.54 Å². The minimum atomic E-state index is -0.611. The highest BCUT2D eigenvalue weighted by Crippen LogP contribution is 2.38. The Kier molecular flexibility index (Phi) is 7.02. The number of aliphatic imine (C=N–C) groups is 1. The maximum Gasteiger partial charge on any atom is 0.264 e. The summed E-state index contributed by atoms with van der Waals surface area (Å²) in [6, 6.07) is 15.4. The van der Waals surface area contributed by atoms with E-state index >= 15 is 0 Å². The second kappa shape index (κ2) is 10.5. The highest BCUT2D eigenvalue weighted by atomic mass is 16.5. The third-order valence-electron chi connectivity index (χ3n) is 5.40. The van der Waals surface area contributed by atoms with Gasteiger partial charge in [-0.25, -0.2) is 4.99 Å². The van der Waals surface area contributed by atoms with Gasteiger partial charge >= 0.3 is 0 Å². The number of ether oxygens (including phenoxy) is 3. The molecule has 10 nitrogen and oxygen atoms in total. The van der Waals surface area contributed by atoms with Gasteiger partial charge in [-0.15, -0.1) is 0 Å². The normalized spacial score (nSPS) is 13.1. The highest BCUT2D eigenvalue weighted by molar-refractivity contribution is 6.20. The average molecular weight is 486 g/mol. The third-order valence-corrected chi connectivity index (χ3v) is 5.40. The third kappa shape index (κ3) is 4.63. The van der Waals surface area contributed by atoms with Crippen molar-refractivity contribution in [1.82, 2.24) is 10.6 Å². The van der Waals surface area contributed by atoms with Gasteiger partial charge in [0.25, 0.3) is 11.8 Å². The fourth-order valence-corrected chi connectivity index (χ4v) is 3.69. The number of nitrogens with one attached hydrogen (secondary N) is 2. The van der Waals surface area contributed by atoms with E-state index in [1.807, 2.05) is 6.07 Å². The van der Waals surface area contributed by atoms with Crippen molar-refractivity contribution < 1.29 is 28.2 Å². The maximum atomic E-state index is 13.1. The fraction of sp³-hybridized carbons (Fsp3) is 0.154. The second-order valence-electron chi connectivity index (χ2n) is 7.47. The first-order valence-electron chi connectivity index (χ1n) is 10.8. The summed E-state index contributed by atoms with van der Waals surface area (Å²) in [7, 11) is 4.37. The summed E-state index contributed by atoms with van der Waals surface area (Å²) < 4.78 is 21.2. The Bertz CT molecular complexity index is 1390. The van der Waals surface area contributed by atoms with Crippen LogP contribution in [0.3, 0.4) is 0 Å². The number of amides is 2. The predicted molar refractivity (Wildman–Crippen MR) is 130 cm³/mol. The zero-order valence-corrected chi connectivity index (χ0v) is 19.7. The minimum absolute atomic E-state index is 0.111. The van der Waals surface area contributed by atoms with Crippen LogP contribution in [0.2, 0.25) is 0 Å². The van der Waals surface area contributed by atoms with E-state index in [-0.39, 0.29) is 29.2 Å². The van der Waals surface area contributed by atoms with Crippen LogP contribution >= 0.6 is 0 Å². The molecule has 2 heterocycles. The van der Waals surface area contributed by atoms with Crippen LogP contribution in [0.15, 0.2) is 69.8 Å². The molecule has 0 bridgehead atoms. The molecular weight excluding hydrogens is 464 g/mol. The van der Waals surface area contributed by atoms with E-state index in [4.69, 9.17) is 18.6 Å². The monoisotopic (exact) mass is 486 g/mol. The number of methoxy groups -OCH3 is 3. The molecule has 0 atom stereocenters. The Hall–Kier alpha value is -5.04. The average Bonchev–Trinajstić information content (AvgIpc) is 3.55. The number of rotatable bonds is 7. The largest absolute Gasteiger partial charge is 0.493 e. The zero-order chi connectivity index (χ0) is 25.7. The summed E-state index contributed by atoms with van der Waals surface area (Å²) in [4.78, 5) is 30.4. The SMILES string of the molecule is COc1cc(C(=O)NC2=NC(=C(C#N)C(=O)NCc3ccco3)c3ccccc32)cc(OC)c1OC. The van der Waals surface area contributed by atoms with E-state index in [0.717, 1.165) is 0 Å². The van der Waals surface area contributed by atoms with Crippen molar-refractivity contribution in [3.8, 4) is 23.3 Å². The number of nitrogens with zero attached hydrogens (tertiary/aromatic N) is 2. The predicted octanol–water partition coefficient (Wildman–Crippen LogP) is 3.05. The maximum absolute atomic E-state index is 13.1. The number of carbonyl (C=O) groups is 2. The van der Waals surface area contributed by atoms with Gasteiger partial charge in [0, 0.05) is 16.7 Å². The van der Waals surface area contributed by atoms with Crippen molar-refractivity contribution in [2.24, 2.45) is 4.99 Å². The fourth-order valence-electron chi connectivity index (χ4n) is 3.69. The van der Waals surface area contributed by atoms with Crippen molar-refractivity contribution in [3.05, 3.63) is 82.8 Å². The van der Waals surface area contributed by atoms with Crippen LogP contribution in [0.25, 0.3) is 5.70 Å². The molecular formula is C26H22N4O6. The summed E-state index contributed by atoms with van der Waals surface area (Å²) in [5.41, 5.74) is 1.32. The number of benzene rings is 2. The molecule has 1 aromatic heterocycles. The highest BCUT2D eigenvalue weighted by Gasteiger charge is 2.28. The zero-order valence-electron chi connectivity index (χ0n) is 19.7.